The summed E-state index contributed by atoms with van der Waals surface area (Å²) in [6, 6.07) is 0. The van der Waals surface area contributed by atoms with Crippen LogP contribution in [0.25, 0.3) is 0 Å². The van der Waals surface area contributed by atoms with Crippen LogP contribution in [-0.4, -0.2) is 52.1 Å². The van der Waals surface area contributed by atoms with Crippen molar-refractivity contribution in [1.82, 2.24) is 5.32 Å². The predicted molar refractivity (Wildman–Crippen MR) is 150 cm³/mol. The molecule has 0 aromatic carbocycles. The average Bonchev–Trinajstić information content (AvgIpc) is 2.69. The number of nitrogens with one attached hydrogen (secondary N) is 1. The highest BCUT2D eigenvalue weighted by Crippen LogP contribution is 2.26. The highest BCUT2D eigenvalue weighted by Gasteiger charge is 2.15. The van der Waals surface area contributed by atoms with Gasteiger partial charge in [0.2, 0.25) is 0 Å². The van der Waals surface area contributed by atoms with Crippen molar-refractivity contribution in [3.63, 3.8) is 0 Å². The van der Waals surface area contributed by atoms with E-state index in [4.69, 9.17) is 18.9 Å². The summed E-state index contributed by atoms with van der Waals surface area (Å²) in [5.41, 5.74) is 0.812. The molecule has 4 atom stereocenters. The first-order valence-corrected chi connectivity index (χ1v) is 14.4. The maximum absolute atomic E-state index is 5.87. The van der Waals surface area contributed by atoms with Gasteiger partial charge in [-0.15, -0.1) is 0 Å². The van der Waals surface area contributed by atoms with E-state index in [1.54, 1.807) is 0 Å². The van der Waals surface area contributed by atoms with Gasteiger partial charge in [0.25, 0.3) is 0 Å². The van der Waals surface area contributed by atoms with Crippen LogP contribution in [0.5, 0.6) is 0 Å². The number of ether oxygens (including phenoxy) is 4. The summed E-state index contributed by atoms with van der Waals surface area (Å²) < 4.78 is 23.3. The SMILES string of the molecule is CC(CCOCCCCOC(C)NC(C)OCCCCOCCC(C)CC(C)(C)C)CC(C)(C)C. The van der Waals surface area contributed by atoms with E-state index in [1.807, 2.05) is 13.8 Å². The quantitative estimate of drug-likeness (QED) is 0.121. The van der Waals surface area contributed by atoms with Crippen LogP contribution in [0, 0.1) is 22.7 Å². The third kappa shape index (κ3) is 26.7. The molecule has 0 heterocycles. The first kappa shape index (κ1) is 34.8. The fourth-order valence-corrected chi connectivity index (χ4v) is 4.63. The molecule has 4 unspecified atom stereocenters. The summed E-state index contributed by atoms with van der Waals surface area (Å²) >= 11 is 0. The summed E-state index contributed by atoms with van der Waals surface area (Å²) in [5, 5.41) is 3.36. The van der Waals surface area contributed by atoms with Gasteiger partial charge in [0.15, 0.2) is 0 Å². The molecule has 0 rings (SSSR count). The summed E-state index contributed by atoms with van der Waals surface area (Å²) in [6.07, 6.45) is 8.92. The maximum Gasteiger partial charge on any atom is 0.107 e. The molecule has 0 saturated carbocycles. The fourth-order valence-electron chi connectivity index (χ4n) is 4.63. The van der Waals surface area contributed by atoms with Gasteiger partial charge in [-0.1, -0.05) is 55.4 Å². The summed E-state index contributed by atoms with van der Waals surface area (Å²) in [7, 11) is 0. The first-order chi connectivity index (χ1) is 16.3. The average molecular weight is 502 g/mol. The van der Waals surface area contributed by atoms with Crippen molar-refractivity contribution in [2.24, 2.45) is 22.7 Å². The van der Waals surface area contributed by atoms with E-state index in [2.05, 4.69) is 60.7 Å². The Bertz CT molecular complexity index is 430. The van der Waals surface area contributed by atoms with E-state index >= 15 is 0 Å². The monoisotopic (exact) mass is 501 g/mol. The van der Waals surface area contributed by atoms with Crippen LogP contribution in [0.15, 0.2) is 0 Å². The molecule has 0 fully saturated rings. The van der Waals surface area contributed by atoms with Crippen LogP contribution in [0.2, 0.25) is 0 Å². The Labute approximate surface area is 219 Å². The Morgan fingerprint density at radius 1 is 0.514 bits per heavy atom. The van der Waals surface area contributed by atoms with Crippen molar-refractivity contribution < 1.29 is 18.9 Å². The Morgan fingerprint density at radius 2 is 0.857 bits per heavy atom. The van der Waals surface area contributed by atoms with Crippen LogP contribution in [0.4, 0.5) is 0 Å². The molecule has 0 amide bonds. The molecular weight excluding hydrogens is 438 g/mol. The molecule has 0 spiro atoms. The molecule has 0 bridgehead atoms. The van der Waals surface area contributed by atoms with Gasteiger partial charge in [0.05, 0.1) is 0 Å². The molecule has 5 nitrogen and oxygen atoms in total. The Morgan fingerprint density at radius 3 is 1.20 bits per heavy atom. The van der Waals surface area contributed by atoms with Crippen molar-refractivity contribution >= 4 is 0 Å². The molecule has 0 aliphatic rings. The molecule has 0 radical (unpaired) electrons. The molecule has 35 heavy (non-hydrogen) atoms. The van der Waals surface area contributed by atoms with E-state index in [-0.39, 0.29) is 12.5 Å². The van der Waals surface area contributed by atoms with Crippen LogP contribution < -0.4 is 5.32 Å². The van der Waals surface area contributed by atoms with Crippen LogP contribution in [0.1, 0.15) is 121 Å². The van der Waals surface area contributed by atoms with Crippen LogP contribution >= 0.6 is 0 Å². The number of rotatable bonds is 22. The lowest BCUT2D eigenvalue weighted by Crippen LogP contribution is -2.38. The third-order valence-electron chi connectivity index (χ3n) is 6.00. The zero-order valence-corrected chi connectivity index (χ0v) is 25.3. The zero-order valence-electron chi connectivity index (χ0n) is 25.3. The van der Waals surface area contributed by atoms with Gasteiger partial charge >= 0.3 is 0 Å². The van der Waals surface area contributed by atoms with Crippen molar-refractivity contribution in [2.45, 2.75) is 133 Å². The lowest BCUT2D eigenvalue weighted by atomic mass is 9.84. The fraction of sp³-hybridized carbons (Fsp3) is 1.00. The van der Waals surface area contributed by atoms with Gasteiger partial charge in [-0.3, -0.25) is 5.32 Å². The van der Waals surface area contributed by atoms with E-state index < -0.39 is 0 Å². The van der Waals surface area contributed by atoms with E-state index in [9.17, 15) is 0 Å². The van der Waals surface area contributed by atoms with Gasteiger partial charge in [-0.25, -0.2) is 0 Å². The standard InChI is InChI=1S/C30H63NO4/c1-25(23-29(5,6)7)15-21-32-17-11-13-19-34-27(3)31-28(4)35-20-14-12-18-33-22-16-26(2)24-30(8,9)10/h25-28,31H,11-24H2,1-10H3. The Kier molecular flexibility index (Phi) is 19.7. The second-order valence-corrected chi connectivity index (χ2v) is 13.1. The van der Waals surface area contributed by atoms with Gasteiger partial charge in [0.1, 0.15) is 12.5 Å². The Balaban J connectivity index is 3.50. The minimum atomic E-state index is -0.0115. The molecule has 5 heteroatoms. The predicted octanol–water partition coefficient (Wildman–Crippen LogP) is 7.82. The molecule has 0 aliphatic carbocycles. The maximum atomic E-state index is 5.87. The molecule has 0 aromatic heterocycles. The van der Waals surface area contributed by atoms with Crippen molar-refractivity contribution in [1.29, 1.82) is 0 Å². The first-order valence-electron chi connectivity index (χ1n) is 14.4. The highest BCUT2D eigenvalue weighted by molar-refractivity contribution is 4.67. The largest absolute Gasteiger partial charge is 0.381 e. The van der Waals surface area contributed by atoms with E-state index in [0.717, 1.165) is 90.0 Å². The number of hydrogen-bond acceptors (Lipinski definition) is 5. The van der Waals surface area contributed by atoms with Crippen molar-refractivity contribution in [3.05, 3.63) is 0 Å². The molecule has 0 saturated heterocycles. The minimum Gasteiger partial charge on any atom is -0.381 e. The smallest absolute Gasteiger partial charge is 0.107 e. The zero-order chi connectivity index (χ0) is 26.7. The highest BCUT2D eigenvalue weighted by atomic mass is 16.5. The second kappa shape index (κ2) is 19.9. The summed E-state index contributed by atoms with van der Waals surface area (Å²) in [6.45, 7) is 27.5. The Hall–Kier alpha value is -0.200. The number of unbranched alkanes of at least 4 members (excludes halogenated alkanes) is 2. The van der Waals surface area contributed by atoms with Gasteiger partial charge in [-0.2, -0.15) is 0 Å². The third-order valence-corrected chi connectivity index (χ3v) is 6.00. The van der Waals surface area contributed by atoms with Gasteiger partial charge in [0, 0.05) is 39.6 Å². The van der Waals surface area contributed by atoms with Crippen LogP contribution in [0.3, 0.4) is 0 Å². The second-order valence-electron chi connectivity index (χ2n) is 13.1. The molecule has 1 N–H and O–H groups in total. The van der Waals surface area contributed by atoms with Crippen molar-refractivity contribution in [2.75, 3.05) is 39.6 Å². The van der Waals surface area contributed by atoms with E-state index in [1.165, 1.54) is 12.8 Å². The summed E-state index contributed by atoms with van der Waals surface area (Å²) in [4.78, 5) is 0. The molecule has 0 aliphatic heterocycles. The molecular formula is C30H63NO4. The van der Waals surface area contributed by atoms with Gasteiger partial charge in [-0.05, 0) is 87.9 Å². The van der Waals surface area contributed by atoms with E-state index in [0.29, 0.717) is 10.8 Å². The lowest BCUT2D eigenvalue weighted by Gasteiger charge is -2.23. The number of hydrogen-bond donors (Lipinski definition) is 1. The lowest BCUT2D eigenvalue weighted by molar-refractivity contribution is -0.0340. The minimum absolute atomic E-state index is 0.0115. The molecule has 212 valence electrons. The molecule has 0 aromatic rings. The topological polar surface area (TPSA) is 49.0 Å². The summed E-state index contributed by atoms with van der Waals surface area (Å²) in [5.74, 6) is 1.44. The van der Waals surface area contributed by atoms with Gasteiger partial charge < -0.3 is 18.9 Å². The van der Waals surface area contributed by atoms with Crippen molar-refractivity contribution in [3.8, 4) is 0 Å². The van der Waals surface area contributed by atoms with Crippen LogP contribution in [-0.2, 0) is 18.9 Å². The normalized spacial score (nSPS) is 16.3.